The lowest BCUT2D eigenvalue weighted by atomic mass is 10.1. The van der Waals surface area contributed by atoms with E-state index in [0.717, 1.165) is 11.1 Å². The number of morpholine rings is 1. The van der Waals surface area contributed by atoms with Gasteiger partial charge in [0.25, 0.3) is 5.91 Å². The molecule has 7 heteroatoms. The molecule has 2 aromatic heterocycles. The molecule has 30 heavy (non-hydrogen) atoms. The van der Waals surface area contributed by atoms with E-state index in [0.29, 0.717) is 31.3 Å². The summed E-state index contributed by atoms with van der Waals surface area (Å²) in [6, 6.07) is 12.0. The monoisotopic (exact) mass is 405 g/mol. The highest BCUT2D eigenvalue weighted by atomic mass is 16.5. The van der Waals surface area contributed by atoms with Crippen molar-refractivity contribution in [3.8, 4) is 11.1 Å². The van der Waals surface area contributed by atoms with Crippen LogP contribution in [0, 0.1) is 0 Å². The highest BCUT2D eigenvalue weighted by Gasteiger charge is 2.28. The number of aryl methyl sites for hydroxylation is 1. The zero-order valence-electron chi connectivity index (χ0n) is 17.6. The molecule has 1 fully saturated rings. The van der Waals surface area contributed by atoms with Gasteiger partial charge in [0, 0.05) is 56.4 Å². The lowest BCUT2D eigenvalue weighted by Crippen LogP contribution is -2.48. The summed E-state index contributed by atoms with van der Waals surface area (Å²) in [6.07, 6.45) is 5.59. The Labute approximate surface area is 176 Å². The standard InChI is InChI=1S/C23H27N5O2/c1-16-13-28(14-17(2)30-16)22(29)21-9-19(15-27(21)3)20-11-25-23(26-12-20)24-10-18-7-5-4-6-8-18/h4-9,11-12,15-17H,10,13-14H2,1-3H3,(H,24,25,26)/t16-,17-/m1/s1. The van der Waals surface area contributed by atoms with Crippen LogP contribution < -0.4 is 5.32 Å². The molecule has 3 aromatic rings. The van der Waals surface area contributed by atoms with Gasteiger partial charge >= 0.3 is 0 Å². The molecule has 0 saturated carbocycles. The number of carbonyl (C=O) groups is 1. The van der Waals surface area contributed by atoms with Crippen molar-refractivity contribution in [3.05, 3.63) is 66.2 Å². The fourth-order valence-electron chi connectivity index (χ4n) is 3.79. The molecule has 7 nitrogen and oxygen atoms in total. The van der Waals surface area contributed by atoms with Gasteiger partial charge in [-0.15, -0.1) is 0 Å². The minimum absolute atomic E-state index is 0.0211. The van der Waals surface area contributed by atoms with Crippen molar-refractivity contribution in [2.24, 2.45) is 7.05 Å². The maximum Gasteiger partial charge on any atom is 0.270 e. The van der Waals surface area contributed by atoms with Crippen LogP contribution in [0.1, 0.15) is 29.9 Å². The topological polar surface area (TPSA) is 72.3 Å². The zero-order chi connectivity index (χ0) is 21.1. The lowest BCUT2D eigenvalue weighted by molar-refractivity contribution is -0.0588. The summed E-state index contributed by atoms with van der Waals surface area (Å²) in [6.45, 7) is 5.87. The molecule has 0 spiro atoms. The van der Waals surface area contributed by atoms with E-state index >= 15 is 0 Å². The Balaban J connectivity index is 1.45. The summed E-state index contributed by atoms with van der Waals surface area (Å²) in [5.41, 5.74) is 3.61. The first kappa shape index (κ1) is 20.1. The van der Waals surface area contributed by atoms with Crippen LogP contribution in [0.5, 0.6) is 0 Å². The molecule has 156 valence electrons. The quantitative estimate of drug-likeness (QED) is 0.705. The van der Waals surface area contributed by atoms with Gasteiger partial charge in [0.05, 0.1) is 12.2 Å². The molecular formula is C23H27N5O2. The number of nitrogens with one attached hydrogen (secondary N) is 1. The zero-order valence-corrected chi connectivity index (χ0v) is 17.6. The predicted octanol–water partition coefficient (Wildman–Crippen LogP) is 3.34. The molecular weight excluding hydrogens is 378 g/mol. The fraction of sp³-hybridized carbons (Fsp3) is 0.348. The number of rotatable bonds is 5. The molecule has 1 aliphatic heterocycles. The van der Waals surface area contributed by atoms with Gasteiger partial charge < -0.3 is 19.5 Å². The van der Waals surface area contributed by atoms with E-state index in [9.17, 15) is 4.79 Å². The number of ether oxygens (including phenoxy) is 1. The number of aromatic nitrogens is 3. The summed E-state index contributed by atoms with van der Waals surface area (Å²) >= 11 is 0. The highest BCUT2D eigenvalue weighted by molar-refractivity contribution is 5.94. The smallest absolute Gasteiger partial charge is 0.270 e. The molecule has 2 atom stereocenters. The van der Waals surface area contributed by atoms with E-state index in [1.165, 1.54) is 5.56 Å². The first-order chi connectivity index (χ1) is 14.5. The van der Waals surface area contributed by atoms with Crippen LogP contribution >= 0.6 is 0 Å². The van der Waals surface area contributed by atoms with Gasteiger partial charge in [0.15, 0.2) is 0 Å². The number of benzene rings is 1. The number of nitrogens with zero attached hydrogens (tertiary/aromatic N) is 4. The Bertz CT molecular complexity index is 990. The molecule has 1 aromatic carbocycles. The number of carbonyl (C=O) groups excluding carboxylic acids is 1. The van der Waals surface area contributed by atoms with Gasteiger partial charge in [0.2, 0.25) is 5.95 Å². The lowest BCUT2D eigenvalue weighted by Gasteiger charge is -2.35. The third kappa shape index (κ3) is 4.52. The van der Waals surface area contributed by atoms with Gasteiger partial charge in [-0.2, -0.15) is 0 Å². The Morgan fingerprint density at radius 1 is 1.10 bits per heavy atom. The number of amides is 1. The van der Waals surface area contributed by atoms with Crippen LogP contribution in [0.2, 0.25) is 0 Å². The third-order valence-corrected chi connectivity index (χ3v) is 5.21. The van der Waals surface area contributed by atoms with Crippen molar-refractivity contribution in [1.29, 1.82) is 0 Å². The Morgan fingerprint density at radius 3 is 2.43 bits per heavy atom. The summed E-state index contributed by atoms with van der Waals surface area (Å²) in [5, 5.41) is 3.23. The Kier molecular flexibility index (Phi) is 5.81. The fourth-order valence-corrected chi connectivity index (χ4v) is 3.79. The second kappa shape index (κ2) is 8.67. The number of hydrogen-bond acceptors (Lipinski definition) is 5. The largest absolute Gasteiger partial charge is 0.372 e. The van der Waals surface area contributed by atoms with Crippen LogP contribution in [0.4, 0.5) is 5.95 Å². The van der Waals surface area contributed by atoms with Crippen molar-refractivity contribution >= 4 is 11.9 Å². The van der Waals surface area contributed by atoms with Crippen LogP contribution in [-0.2, 0) is 18.3 Å². The SMILES string of the molecule is C[C@@H]1CN(C(=O)c2cc(-c3cnc(NCc4ccccc4)nc3)cn2C)C[C@@H](C)O1. The van der Waals surface area contributed by atoms with Crippen LogP contribution in [0.25, 0.3) is 11.1 Å². The van der Waals surface area contributed by atoms with E-state index in [1.807, 2.05) is 60.8 Å². The second-order valence-electron chi connectivity index (χ2n) is 7.83. The van der Waals surface area contributed by atoms with E-state index in [-0.39, 0.29) is 18.1 Å². The minimum atomic E-state index is 0.0211. The summed E-state index contributed by atoms with van der Waals surface area (Å²) in [4.78, 5) is 23.7. The third-order valence-electron chi connectivity index (χ3n) is 5.21. The van der Waals surface area contributed by atoms with Gasteiger partial charge in [-0.25, -0.2) is 9.97 Å². The van der Waals surface area contributed by atoms with Crippen LogP contribution in [0.3, 0.4) is 0 Å². The first-order valence-corrected chi connectivity index (χ1v) is 10.2. The van der Waals surface area contributed by atoms with E-state index in [4.69, 9.17) is 4.74 Å². The summed E-state index contributed by atoms with van der Waals surface area (Å²) < 4.78 is 7.61. The van der Waals surface area contributed by atoms with Crippen molar-refractivity contribution in [2.75, 3.05) is 18.4 Å². The van der Waals surface area contributed by atoms with E-state index < -0.39 is 0 Å². The molecule has 1 saturated heterocycles. The first-order valence-electron chi connectivity index (χ1n) is 10.2. The van der Waals surface area contributed by atoms with Crippen LogP contribution in [0.15, 0.2) is 55.0 Å². The maximum absolute atomic E-state index is 13.0. The molecule has 0 aliphatic carbocycles. The predicted molar refractivity (Wildman–Crippen MR) is 116 cm³/mol. The number of anilines is 1. The van der Waals surface area contributed by atoms with E-state index in [1.54, 1.807) is 12.4 Å². The van der Waals surface area contributed by atoms with Crippen LogP contribution in [-0.4, -0.2) is 50.6 Å². The summed E-state index contributed by atoms with van der Waals surface area (Å²) in [7, 11) is 1.89. The summed E-state index contributed by atoms with van der Waals surface area (Å²) in [5.74, 6) is 0.596. The molecule has 0 unspecified atom stereocenters. The van der Waals surface area contributed by atoms with Gasteiger partial charge in [-0.3, -0.25) is 4.79 Å². The van der Waals surface area contributed by atoms with E-state index in [2.05, 4.69) is 27.4 Å². The van der Waals surface area contributed by atoms with Gasteiger partial charge in [-0.1, -0.05) is 30.3 Å². The Morgan fingerprint density at radius 2 is 1.77 bits per heavy atom. The molecule has 1 aliphatic rings. The average Bonchev–Trinajstić information content (AvgIpc) is 3.13. The normalized spacial score (nSPS) is 19.0. The average molecular weight is 406 g/mol. The van der Waals surface area contributed by atoms with Crippen molar-refractivity contribution in [3.63, 3.8) is 0 Å². The molecule has 4 rings (SSSR count). The van der Waals surface area contributed by atoms with Gasteiger partial charge in [0.1, 0.15) is 5.69 Å². The van der Waals surface area contributed by atoms with Gasteiger partial charge in [-0.05, 0) is 25.5 Å². The molecule has 3 heterocycles. The second-order valence-corrected chi connectivity index (χ2v) is 7.83. The highest BCUT2D eigenvalue weighted by Crippen LogP contribution is 2.23. The molecule has 1 amide bonds. The number of hydrogen-bond donors (Lipinski definition) is 1. The van der Waals surface area contributed by atoms with Crippen molar-refractivity contribution in [2.45, 2.75) is 32.6 Å². The van der Waals surface area contributed by atoms with Crippen molar-refractivity contribution in [1.82, 2.24) is 19.4 Å². The maximum atomic E-state index is 13.0. The minimum Gasteiger partial charge on any atom is -0.372 e. The molecule has 1 N–H and O–H groups in total. The molecule has 0 bridgehead atoms. The van der Waals surface area contributed by atoms with Crippen molar-refractivity contribution < 1.29 is 9.53 Å². The molecule has 0 radical (unpaired) electrons. The Hall–Kier alpha value is -3.19.